The Balaban J connectivity index is 1.57. The highest BCUT2D eigenvalue weighted by Gasteiger charge is 2.29. The standard InChI is InChI=1S/C21H26N2O2/c1-2-3-4-16-5-7-18(8-6-16)21(24)23-20-15-25-14-19(20)13-17-9-11-22-12-10-17/h5-12,19-20H,2-4,13-15H2,1H3,(H,23,24)/t19-,20-/m1/s1. The van der Waals surface area contributed by atoms with Crippen molar-refractivity contribution in [3.8, 4) is 0 Å². The van der Waals surface area contributed by atoms with E-state index in [0.717, 1.165) is 18.4 Å². The summed E-state index contributed by atoms with van der Waals surface area (Å²) in [6, 6.07) is 12.1. The summed E-state index contributed by atoms with van der Waals surface area (Å²) in [6.07, 6.45) is 7.94. The first-order chi connectivity index (χ1) is 12.3. The van der Waals surface area contributed by atoms with Crippen LogP contribution in [0.2, 0.25) is 0 Å². The van der Waals surface area contributed by atoms with Crippen molar-refractivity contribution >= 4 is 5.91 Å². The Morgan fingerprint density at radius 3 is 2.60 bits per heavy atom. The summed E-state index contributed by atoms with van der Waals surface area (Å²) < 4.78 is 5.61. The lowest BCUT2D eigenvalue weighted by Gasteiger charge is -2.19. The number of aryl methyl sites for hydroxylation is 1. The Morgan fingerprint density at radius 1 is 1.12 bits per heavy atom. The first kappa shape index (κ1) is 17.6. The van der Waals surface area contributed by atoms with E-state index in [4.69, 9.17) is 4.74 Å². The van der Waals surface area contributed by atoms with Crippen LogP contribution in [-0.4, -0.2) is 30.1 Å². The molecule has 1 aromatic carbocycles. The zero-order valence-corrected chi connectivity index (χ0v) is 14.8. The van der Waals surface area contributed by atoms with Gasteiger partial charge in [-0.3, -0.25) is 9.78 Å². The molecular formula is C21H26N2O2. The van der Waals surface area contributed by atoms with E-state index in [-0.39, 0.29) is 11.9 Å². The zero-order chi connectivity index (χ0) is 17.5. The SMILES string of the molecule is CCCCc1ccc(C(=O)N[C@@H]2COC[C@H]2Cc2ccncc2)cc1. The quantitative estimate of drug-likeness (QED) is 0.842. The molecule has 1 amide bonds. The highest BCUT2D eigenvalue weighted by molar-refractivity contribution is 5.94. The van der Waals surface area contributed by atoms with Crippen molar-refractivity contribution in [1.82, 2.24) is 10.3 Å². The van der Waals surface area contributed by atoms with Gasteiger partial charge in [0.2, 0.25) is 0 Å². The molecule has 1 fully saturated rings. The summed E-state index contributed by atoms with van der Waals surface area (Å²) in [5, 5.41) is 3.15. The van der Waals surface area contributed by atoms with Crippen LogP contribution < -0.4 is 5.32 Å². The maximum absolute atomic E-state index is 12.5. The fourth-order valence-corrected chi connectivity index (χ4v) is 3.24. The van der Waals surface area contributed by atoms with Gasteiger partial charge in [-0.1, -0.05) is 25.5 Å². The molecule has 0 spiro atoms. The Bertz CT molecular complexity index is 670. The molecule has 1 aliphatic rings. The van der Waals surface area contributed by atoms with Crippen molar-refractivity contribution in [2.75, 3.05) is 13.2 Å². The fourth-order valence-electron chi connectivity index (χ4n) is 3.24. The van der Waals surface area contributed by atoms with E-state index in [1.807, 2.05) is 24.3 Å². The monoisotopic (exact) mass is 338 g/mol. The topological polar surface area (TPSA) is 51.2 Å². The molecule has 2 heterocycles. The van der Waals surface area contributed by atoms with Gasteiger partial charge in [-0.15, -0.1) is 0 Å². The van der Waals surface area contributed by atoms with Gasteiger partial charge in [0.15, 0.2) is 0 Å². The van der Waals surface area contributed by atoms with E-state index in [1.165, 1.54) is 24.0 Å². The van der Waals surface area contributed by atoms with Crippen molar-refractivity contribution in [3.05, 3.63) is 65.5 Å². The third-order valence-corrected chi connectivity index (χ3v) is 4.80. The van der Waals surface area contributed by atoms with Gasteiger partial charge in [-0.25, -0.2) is 0 Å². The van der Waals surface area contributed by atoms with E-state index >= 15 is 0 Å². The molecule has 0 unspecified atom stereocenters. The van der Waals surface area contributed by atoms with Gasteiger partial charge in [0, 0.05) is 23.9 Å². The largest absolute Gasteiger partial charge is 0.379 e. The van der Waals surface area contributed by atoms with Crippen LogP contribution in [0.5, 0.6) is 0 Å². The van der Waals surface area contributed by atoms with E-state index in [0.29, 0.717) is 19.1 Å². The van der Waals surface area contributed by atoms with Crippen molar-refractivity contribution in [2.45, 2.75) is 38.6 Å². The summed E-state index contributed by atoms with van der Waals surface area (Å²) in [5.74, 6) is 0.285. The maximum Gasteiger partial charge on any atom is 0.251 e. The molecule has 0 radical (unpaired) electrons. The second-order valence-electron chi connectivity index (χ2n) is 6.74. The van der Waals surface area contributed by atoms with Crippen LogP contribution >= 0.6 is 0 Å². The average molecular weight is 338 g/mol. The minimum Gasteiger partial charge on any atom is -0.379 e. The highest BCUT2D eigenvalue weighted by Crippen LogP contribution is 2.19. The van der Waals surface area contributed by atoms with Crippen molar-refractivity contribution < 1.29 is 9.53 Å². The molecule has 4 heteroatoms. The maximum atomic E-state index is 12.5. The van der Waals surface area contributed by atoms with Gasteiger partial charge < -0.3 is 10.1 Å². The molecule has 1 aliphatic heterocycles. The third kappa shape index (κ3) is 4.89. The Kier molecular flexibility index (Phi) is 6.18. The van der Waals surface area contributed by atoms with Crippen LogP contribution in [0, 0.1) is 5.92 Å². The van der Waals surface area contributed by atoms with Gasteiger partial charge in [0.05, 0.1) is 19.3 Å². The summed E-state index contributed by atoms with van der Waals surface area (Å²) >= 11 is 0. The normalized spacial score (nSPS) is 19.7. The number of pyridine rings is 1. The smallest absolute Gasteiger partial charge is 0.251 e. The molecule has 3 rings (SSSR count). The Labute approximate surface area is 149 Å². The molecule has 0 saturated carbocycles. The molecule has 2 aromatic rings. The highest BCUT2D eigenvalue weighted by atomic mass is 16.5. The molecule has 1 aromatic heterocycles. The second-order valence-corrected chi connectivity index (χ2v) is 6.74. The number of ether oxygens (including phenoxy) is 1. The van der Waals surface area contributed by atoms with Crippen LogP contribution in [0.15, 0.2) is 48.8 Å². The van der Waals surface area contributed by atoms with Gasteiger partial charge in [-0.05, 0) is 54.7 Å². The molecular weight excluding hydrogens is 312 g/mol. The molecule has 25 heavy (non-hydrogen) atoms. The van der Waals surface area contributed by atoms with Crippen LogP contribution in [0.25, 0.3) is 0 Å². The summed E-state index contributed by atoms with van der Waals surface area (Å²) in [7, 11) is 0. The number of unbranched alkanes of at least 4 members (excludes halogenated alkanes) is 1. The van der Waals surface area contributed by atoms with E-state index in [2.05, 4.69) is 29.4 Å². The van der Waals surface area contributed by atoms with E-state index < -0.39 is 0 Å². The number of nitrogens with zero attached hydrogens (tertiary/aromatic N) is 1. The number of hydrogen-bond donors (Lipinski definition) is 1. The Hall–Kier alpha value is -2.20. The second kappa shape index (κ2) is 8.77. The van der Waals surface area contributed by atoms with Crippen LogP contribution in [-0.2, 0) is 17.6 Å². The average Bonchev–Trinajstić information content (AvgIpc) is 3.08. The van der Waals surface area contributed by atoms with E-state index in [1.54, 1.807) is 12.4 Å². The zero-order valence-electron chi connectivity index (χ0n) is 14.8. The Morgan fingerprint density at radius 2 is 1.88 bits per heavy atom. The van der Waals surface area contributed by atoms with Crippen LogP contribution in [0.4, 0.5) is 0 Å². The first-order valence-electron chi connectivity index (χ1n) is 9.12. The first-order valence-corrected chi connectivity index (χ1v) is 9.12. The fraction of sp³-hybridized carbons (Fsp3) is 0.429. The molecule has 1 saturated heterocycles. The molecule has 0 aliphatic carbocycles. The number of carbonyl (C=O) groups is 1. The number of nitrogens with one attached hydrogen (secondary N) is 1. The molecule has 1 N–H and O–H groups in total. The lowest BCUT2D eigenvalue weighted by atomic mass is 9.95. The molecule has 0 bridgehead atoms. The number of carbonyl (C=O) groups excluding carboxylic acids is 1. The van der Waals surface area contributed by atoms with Gasteiger partial charge in [0.25, 0.3) is 5.91 Å². The molecule has 132 valence electrons. The predicted octanol–water partition coefficient (Wildman–Crippen LogP) is 3.41. The summed E-state index contributed by atoms with van der Waals surface area (Å²) in [5.41, 5.74) is 3.23. The number of benzene rings is 1. The number of rotatable bonds is 7. The number of amides is 1. The lowest BCUT2D eigenvalue weighted by Crippen LogP contribution is -2.40. The van der Waals surface area contributed by atoms with Gasteiger partial charge in [-0.2, -0.15) is 0 Å². The van der Waals surface area contributed by atoms with Crippen molar-refractivity contribution in [1.29, 1.82) is 0 Å². The summed E-state index contributed by atoms with van der Waals surface area (Å²) in [4.78, 5) is 16.6. The minimum absolute atomic E-state index is 0.0164. The predicted molar refractivity (Wildman–Crippen MR) is 98.6 cm³/mol. The summed E-state index contributed by atoms with van der Waals surface area (Å²) in [6.45, 7) is 3.45. The van der Waals surface area contributed by atoms with Gasteiger partial charge >= 0.3 is 0 Å². The molecule has 4 nitrogen and oxygen atoms in total. The number of hydrogen-bond acceptors (Lipinski definition) is 3. The van der Waals surface area contributed by atoms with Crippen molar-refractivity contribution in [3.63, 3.8) is 0 Å². The number of aromatic nitrogens is 1. The third-order valence-electron chi connectivity index (χ3n) is 4.80. The van der Waals surface area contributed by atoms with E-state index in [9.17, 15) is 4.79 Å². The van der Waals surface area contributed by atoms with Gasteiger partial charge in [0.1, 0.15) is 0 Å². The lowest BCUT2D eigenvalue weighted by molar-refractivity contribution is 0.0925. The molecule has 2 atom stereocenters. The van der Waals surface area contributed by atoms with Crippen LogP contribution in [0.3, 0.4) is 0 Å². The van der Waals surface area contributed by atoms with Crippen molar-refractivity contribution in [2.24, 2.45) is 5.92 Å². The van der Waals surface area contributed by atoms with Crippen LogP contribution in [0.1, 0.15) is 41.3 Å². The minimum atomic E-state index is -0.0164.